The Balaban J connectivity index is 2.07. The van der Waals surface area contributed by atoms with Crippen LogP contribution in [0.3, 0.4) is 0 Å². The Morgan fingerprint density at radius 1 is 1.52 bits per heavy atom. The number of oxazole rings is 1. The number of benzene rings is 1. The van der Waals surface area contributed by atoms with Crippen LogP contribution in [0.1, 0.15) is 34.1 Å². The van der Waals surface area contributed by atoms with Crippen LogP contribution < -0.4 is 11.1 Å². The van der Waals surface area contributed by atoms with E-state index in [-0.39, 0.29) is 16.7 Å². The number of anilines is 1. The third-order valence-corrected chi connectivity index (χ3v) is 4.33. The number of nitrogens with two attached hydrogens (primary N) is 1. The summed E-state index contributed by atoms with van der Waals surface area (Å²) in [6, 6.07) is 5.32. The summed E-state index contributed by atoms with van der Waals surface area (Å²) in [6.45, 7) is 7.90. The number of amides is 1. The van der Waals surface area contributed by atoms with Crippen molar-refractivity contribution in [3.63, 3.8) is 0 Å². The van der Waals surface area contributed by atoms with Crippen LogP contribution in [0, 0.1) is 0 Å². The van der Waals surface area contributed by atoms with Crippen LogP contribution in [0.5, 0.6) is 0 Å². The lowest BCUT2D eigenvalue weighted by Gasteiger charge is -2.25. The number of aromatic nitrogens is 1. The molecule has 0 spiro atoms. The largest absolute Gasteiger partial charge is 0.431 e. The van der Waals surface area contributed by atoms with Crippen molar-refractivity contribution in [2.45, 2.75) is 50.1 Å². The molecule has 5 nitrogen and oxygen atoms in total. The molecule has 1 unspecified atom stereocenters. The zero-order chi connectivity index (χ0) is 15.6. The van der Waals surface area contributed by atoms with Gasteiger partial charge in [0.15, 0.2) is 5.58 Å². The lowest BCUT2D eigenvalue weighted by Crippen LogP contribution is -2.46. The highest BCUT2D eigenvalue weighted by molar-refractivity contribution is 8.00. The van der Waals surface area contributed by atoms with E-state index in [1.54, 1.807) is 12.1 Å². The average molecular weight is 307 g/mol. The molecule has 0 aliphatic heterocycles. The highest BCUT2D eigenvalue weighted by atomic mass is 32.2. The van der Waals surface area contributed by atoms with Gasteiger partial charge in [0.25, 0.3) is 5.22 Å². The highest BCUT2D eigenvalue weighted by Crippen LogP contribution is 2.28. The van der Waals surface area contributed by atoms with Crippen LogP contribution in [0.2, 0.25) is 0 Å². The smallest absolute Gasteiger partial charge is 0.257 e. The lowest BCUT2D eigenvalue weighted by atomic mass is 10.0. The standard InChI is InChI=1S/C15H21N3O2S/c1-5-15(3,4)18-13(19)9(2)21-14-17-11-7-6-10(16)8-12(11)20-14/h6-9H,5,16H2,1-4H3,(H,18,19). The predicted octanol–water partition coefficient (Wildman–Crippen LogP) is 3.20. The van der Waals surface area contributed by atoms with Crippen molar-refractivity contribution in [1.29, 1.82) is 0 Å². The number of rotatable bonds is 5. The molecule has 21 heavy (non-hydrogen) atoms. The number of thioether (sulfide) groups is 1. The topological polar surface area (TPSA) is 81.2 Å². The van der Waals surface area contributed by atoms with E-state index in [9.17, 15) is 4.79 Å². The second-order valence-corrected chi connectivity index (χ2v) is 6.99. The van der Waals surface area contributed by atoms with Gasteiger partial charge < -0.3 is 15.5 Å². The monoisotopic (exact) mass is 307 g/mol. The molecule has 0 aliphatic rings. The Morgan fingerprint density at radius 3 is 2.90 bits per heavy atom. The SMILES string of the molecule is CCC(C)(C)NC(=O)C(C)Sc1nc2ccc(N)cc2o1. The maximum Gasteiger partial charge on any atom is 0.257 e. The summed E-state index contributed by atoms with van der Waals surface area (Å²) in [5.74, 6) is -0.0198. The number of carbonyl (C=O) groups is 1. The molecule has 114 valence electrons. The van der Waals surface area contributed by atoms with Crippen molar-refractivity contribution >= 4 is 34.5 Å². The van der Waals surface area contributed by atoms with Crippen LogP contribution in [-0.2, 0) is 4.79 Å². The first-order valence-corrected chi connectivity index (χ1v) is 7.83. The van der Waals surface area contributed by atoms with E-state index in [0.29, 0.717) is 16.5 Å². The van der Waals surface area contributed by atoms with Crippen LogP contribution in [0.15, 0.2) is 27.8 Å². The van der Waals surface area contributed by atoms with E-state index in [2.05, 4.69) is 10.3 Å². The van der Waals surface area contributed by atoms with Crippen molar-refractivity contribution in [3.05, 3.63) is 18.2 Å². The maximum absolute atomic E-state index is 12.2. The number of nitrogen functional groups attached to an aromatic ring is 1. The van der Waals surface area contributed by atoms with Crippen LogP contribution >= 0.6 is 11.8 Å². The van der Waals surface area contributed by atoms with Crippen LogP contribution in [0.4, 0.5) is 5.69 Å². The van der Waals surface area contributed by atoms with Gasteiger partial charge in [-0.2, -0.15) is 0 Å². The summed E-state index contributed by atoms with van der Waals surface area (Å²) in [5, 5.41) is 3.22. The van der Waals surface area contributed by atoms with Crippen molar-refractivity contribution in [1.82, 2.24) is 10.3 Å². The molecule has 2 aromatic rings. The molecule has 3 N–H and O–H groups in total. The minimum absolute atomic E-state index is 0.0198. The number of nitrogens with one attached hydrogen (secondary N) is 1. The summed E-state index contributed by atoms with van der Waals surface area (Å²) < 4.78 is 5.62. The molecular weight excluding hydrogens is 286 g/mol. The van der Waals surface area contributed by atoms with Crippen LogP contribution in [-0.4, -0.2) is 21.7 Å². The Labute approximate surface area is 128 Å². The number of hydrogen-bond donors (Lipinski definition) is 2. The molecule has 1 atom stereocenters. The Morgan fingerprint density at radius 2 is 2.24 bits per heavy atom. The molecule has 1 heterocycles. The second kappa shape index (κ2) is 5.97. The molecule has 1 aromatic heterocycles. The summed E-state index contributed by atoms with van der Waals surface area (Å²) >= 11 is 1.30. The Hall–Kier alpha value is -1.69. The van der Waals surface area contributed by atoms with Gasteiger partial charge in [-0.3, -0.25) is 4.79 Å². The molecule has 2 rings (SSSR count). The molecule has 1 amide bonds. The predicted molar refractivity (Wildman–Crippen MR) is 86.3 cm³/mol. The third kappa shape index (κ3) is 3.91. The summed E-state index contributed by atoms with van der Waals surface area (Å²) in [5.41, 5.74) is 7.51. The zero-order valence-electron chi connectivity index (χ0n) is 12.8. The first-order chi connectivity index (χ1) is 9.80. The van der Waals surface area contributed by atoms with Gasteiger partial charge in [-0.1, -0.05) is 18.7 Å². The minimum atomic E-state index is -0.277. The van der Waals surface area contributed by atoms with Crippen molar-refractivity contribution in [2.75, 3.05) is 5.73 Å². The van der Waals surface area contributed by atoms with Gasteiger partial charge in [0, 0.05) is 17.3 Å². The zero-order valence-corrected chi connectivity index (χ0v) is 13.6. The molecule has 0 bridgehead atoms. The normalized spacial score (nSPS) is 13.3. The Bertz CT molecular complexity index is 651. The molecule has 1 aromatic carbocycles. The van der Waals surface area contributed by atoms with Crippen molar-refractivity contribution in [2.24, 2.45) is 0 Å². The second-order valence-electron chi connectivity index (χ2n) is 5.69. The highest BCUT2D eigenvalue weighted by Gasteiger charge is 2.23. The minimum Gasteiger partial charge on any atom is -0.431 e. The van der Waals surface area contributed by atoms with Gasteiger partial charge in [0.1, 0.15) is 5.52 Å². The van der Waals surface area contributed by atoms with Crippen molar-refractivity contribution < 1.29 is 9.21 Å². The van der Waals surface area contributed by atoms with E-state index in [1.807, 2.05) is 33.8 Å². The number of carbonyl (C=O) groups excluding carboxylic acids is 1. The van der Waals surface area contributed by atoms with Gasteiger partial charge in [-0.25, -0.2) is 4.98 Å². The molecule has 0 aliphatic carbocycles. The fraction of sp³-hybridized carbons (Fsp3) is 0.467. The van der Waals surface area contributed by atoms with Gasteiger partial charge in [-0.15, -0.1) is 0 Å². The molecule has 0 radical (unpaired) electrons. The van der Waals surface area contributed by atoms with E-state index in [0.717, 1.165) is 11.9 Å². The first-order valence-electron chi connectivity index (χ1n) is 6.95. The lowest BCUT2D eigenvalue weighted by molar-refractivity contribution is -0.121. The maximum atomic E-state index is 12.2. The molecule has 0 fully saturated rings. The van der Waals surface area contributed by atoms with E-state index >= 15 is 0 Å². The summed E-state index contributed by atoms with van der Waals surface area (Å²) in [6.07, 6.45) is 0.873. The van der Waals surface area contributed by atoms with Gasteiger partial charge >= 0.3 is 0 Å². The summed E-state index contributed by atoms with van der Waals surface area (Å²) in [7, 11) is 0. The number of nitrogens with zero attached hydrogens (tertiary/aromatic N) is 1. The number of fused-ring (bicyclic) bond motifs is 1. The quantitative estimate of drug-likeness (QED) is 0.655. The fourth-order valence-corrected chi connectivity index (χ4v) is 2.46. The third-order valence-electron chi connectivity index (χ3n) is 3.39. The van der Waals surface area contributed by atoms with Crippen molar-refractivity contribution in [3.8, 4) is 0 Å². The first kappa shape index (κ1) is 15.7. The van der Waals surface area contributed by atoms with E-state index < -0.39 is 0 Å². The molecule has 0 saturated heterocycles. The van der Waals surface area contributed by atoms with E-state index in [1.165, 1.54) is 11.8 Å². The summed E-state index contributed by atoms with van der Waals surface area (Å²) in [4.78, 5) is 16.5. The molecule has 0 saturated carbocycles. The Kier molecular flexibility index (Phi) is 4.46. The van der Waals surface area contributed by atoms with E-state index in [4.69, 9.17) is 10.2 Å². The average Bonchev–Trinajstić information content (AvgIpc) is 2.79. The number of hydrogen-bond acceptors (Lipinski definition) is 5. The fourth-order valence-electron chi connectivity index (χ4n) is 1.70. The van der Waals surface area contributed by atoms with Crippen LogP contribution in [0.25, 0.3) is 11.1 Å². The van der Waals surface area contributed by atoms with Gasteiger partial charge in [0.2, 0.25) is 5.91 Å². The molecule has 6 heteroatoms. The van der Waals surface area contributed by atoms with Gasteiger partial charge in [0.05, 0.1) is 5.25 Å². The van der Waals surface area contributed by atoms with Gasteiger partial charge in [-0.05, 0) is 39.3 Å². The molecular formula is C15H21N3O2S.